The fraction of sp³-hybridized carbons (Fsp3) is 0.647. The Morgan fingerprint density at radius 2 is 1.86 bits per heavy atom. The van der Waals surface area contributed by atoms with E-state index in [0.29, 0.717) is 17.9 Å². The second kappa shape index (κ2) is 8.02. The SMILES string of the molecule is CCCC(O)C(O)CC(C)c1c(C)c(Cl)cc(C)c1OC. The number of hydrogen-bond donors (Lipinski definition) is 2. The van der Waals surface area contributed by atoms with Gasteiger partial charge in [-0.05, 0) is 49.8 Å². The Kier molecular flexibility index (Phi) is 6.98. The van der Waals surface area contributed by atoms with E-state index < -0.39 is 12.2 Å². The Labute approximate surface area is 132 Å². The molecule has 3 nitrogen and oxygen atoms in total. The number of aliphatic hydroxyl groups excluding tert-OH is 2. The first-order valence-corrected chi connectivity index (χ1v) is 7.90. The lowest BCUT2D eigenvalue weighted by atomic mass is 9.87. The Morgan fingerprint density at radius 1 is 1.24 bits per heavy atom. The molecule has 4 heteroatoms. The van der Waals surface area contributed by atoms with Crippen LogP contribution in [0.15, 0.2) is 6.07 Å². The van der Waals surface area contributed by atoms with Gasteiger partial charge < -0.3 is 14.9 Å². The first kappa shape index (κ1) is 18.3. The summed E-state index contributed by atoms with van der Waals surface area (Å²) >= 11 is 6.27. The number of halogens is 1. The third-order valence-corrected chi connectivity index (χ3v) is 4.42. The van der Waals surface area contributed by atoms with Gasteiger partial charge in [-0.3, -0.25) is 0 Å². The molecule has 0 bridgehead atoms. The molecule has 0 saturated carbocycles. The highest BCUT2D eigenvalue weighted by Crippen LogP contribution is 2.38. The average Bonchev–Trinajstić information content (AvgIpc) is 2.42. The van der Waals surface area contributed by atoms with Crippen molar-refractivity contribution in [1.29, 1.82) is 0 Å². The van der Waals surface area contributed by atoms with E-state index in [1.54, 1.807) is 7.11 Å². The Balaban J connectivity index is 3.04. The summed E-state index contributed by atoms with van der Waals surface area (Å²) in [5.41, 5.74) is 2.98. The summed E-state index contributed by atoms with van der Waals surface area (Å²) in [5.74, 6) is 0.875. The molecular formula is C17H27ClO3. The summed E-state index contributed by atoms with van der Waals surface area (Å²) in [6, 6.07) is 1.90. The third kappa shape index (κ3) is 4.35. The number of ether oxygens (including phenoxy) is 1. The second-order valence-corrected chi connectivity index (χ2v) is 6.21. The van der Waals surface area contributed by atoms with Crippen molar-refractivity contribution in [2.45, 2.75) is 65.1 Å². The molecule has 0 fully saturated rings. The number of aryl methyl sites for hydroxylation is 1. The zero-order chi connectivity index (χ0) is 16.2. The molecule has 21 heavy (non-hydrogen) atoms. The second-order valence-electron chi connectivity index (χ2n) is 5.81. The van der Waals surface area contributed by atoms with Gasteiger partial charge in [0.05, 0.1) is 19.3 Å². The van der Waals surface area contributed by atoms with Crippen LogP contribution in [0.5, 0.6) is 5.75 Å². The number of methoxy groups -OCH3 is 1. The summed E-state index contributed by atoms with van der Waals surface area (Å²) in [4.78, 5) is 0. The molecule has 0 amide bonds. The number of hydrogen-bond acceptors (Lipinski definition) is 3. The normalized spacial score (nSPS) is 15.6. The van der Waals surface area contributed by atoms with Crippen molar-refractivity contribution < 1.29 is 14.9 Å². The van der Waals surface area contributed by atoms with Crippen molar-refractivity contribution in [3.8, 4) is 5.75 Å². The first-order valence-electron chi connectivity index (χ1n) is 7.53. The lowest BCUT2D eigenvalue weighted by Crippen LogP contribution is -2.27. The van der Waals surface area contributed by atoms with Gasteiger partial charge in [0.15, 0.2) is 0 Å². The van der Waals surface area contributed by atoms with Gasteiger partial charge in [-0.25, -0.2) is 0 Å². The maximum absolute atomic E-state index is 10.1. The van der Waals surface area contributed by atoms with Crippen LogP contribution in [0.4, 0.5) is 0 Å². The molecule has 1 aromatic carbocycles. The topological polar surface area (TPSA) is 49.7 Å². The van der Waals surface area contributed by atoms with Gasteiger partial charge in [0, 0.05) is 10.6 Å². The van der Waals surface area contributed by atoms with E-state index in [1.165, 1.54) is 0 Å². The predicted octanol–water partition coefficient (Wildman–Crippen LogP) is 3.98. The molecule has 0 heterocycles. The molecular weight excluding hydrogens is 288 g/mol. The van der Waals surface area contributed by atoms with Gasteiger partial charge in [0.2, 0.25) is 0 Å². The molecule has 0 aromatic heterocycles. The Bertz CT molecular complexity index is 474. The summed E-state index contributed by atoms with van der Waals surface area (Å²) in [6.45, 7) is 7.95. The summed E-state index contributed by atoms with van der Waals surface area (Å²) in [7, 11) is 1.65. The lowest BCUT2D eigenvalue weighted by molar-refractivity contribution is 0.00625. The lowest BCUT2D eigenvalue weighted by Gasteiger charge is -2.25. The van der Waals surface area contributed by atoms with Gasteiger partial charge >= 0.3 is 0 Å². The van der Waals surface area contributed by atoms with Crippen LogP contribution in [0.25, 0.3) is 0 Å². The van der Waals surface area contributed by atoms with Gasteiger partial charge in [-0.15, -0.1) is 0 Å². The van der Waals surface area contributed by atoms with Crippen molar-refractivity contribution in [1.82, 2.24) is 0 Å². The highest BCUT2D eigenvalue weighted by atomic mass is 35.5. The monoisotopic (exact) mass is 314 g/mol. The molecule has 0 aliphatic rings. The smallest absolute Gasteiger partial charge is 0.125 e. The van der Waals surface area contributed by atoms with Gasteiger partial charge in [-0.1, -0.05) is 31.9 Å². The molecule has 0 aliphatic carbocycles. The Morgan fingerprint density at radius 3 is 2.38 bits per heavy atom. The minimum Gasteiger partial charge on any atom is -0.496 e. The molecule has 120 valence electrons. The predicted molar refractivity (Wildman–Crippen MR) is 87.4 cm³/mol. The van der Waals surface area contributed by atoms with Gasteiger partial charge in [-0.2, -0.15) is 0 Å². The zero-order valence-electron chi connectivity index (χ0n) is 13.6. The van der Waals surface area contributed by atoms with Crippen LogP contribution in [0, 0.1) is 13.8 Å². The molecule has 0 aliphatic heterocycles. The standard InChI is InChI=1S/C17H27ClO3/c1-6-7-14(19)15(20)9-10(2)16-12(4)13(18)8-11(3)17(16)21-5/h8,10,14-15,19-20H,6-7,9H2,1-5H3. The summed E-state index contributed by atoms with van der Waals surface area (Å²) in [6.07, 6.45) is 0.537. The van der Waals surface area contributed by atoms with Gasteiger partial charge in [0.1, 0.15) is 5.75 Å². The number of aliphatic hydroxyl groups is 2. The van der Waals surface area contributed by atoms with E-state index in [-0.39, 0.29) is 5.92 Å². The van der Waals surface area contributed by atoms with E-state index in [4.69, 9.17) is 16.3 Å². The molecule has 3 atom stereocenters. The van der Waals surface area contributed by atoms with Crippen LogP contribution >= 0.6 is 11.6 Å². The number of benzene rings is 1. The van der Waals surface area contributed by atoms with E-state index in [1.807, 2.05) is 33.8 Å². The average molecular weight is 315 g/mol. The van der Waals surface area contributed by atoms with E-state index >= 15 is 0 Å². The minimum absolute atomic E-state index is 0.0545. The summed E-state index contributed by atoms with van der Waals surface area (Å²) < 4.78 is 5.52. The molecule has 1 aromatic rings. The highest BCUT2D eigenvalue weighted by molar-refractivity contribution is 6.31. The molecule has 3 unspecified atom stereocenters. The van der Waals surface area contributed by atoms with Gasteiger partial charge in [0.25, 0.3) is 0 Å². The molecule has 0 spiro atoms. The molecule has 0 radical (unpaired) electrons. The summed E-state index contributed by atoms with van der Waals surface area (Å²) in [5, 5.41) is 20.8. The van der Waals surface area contributed by atoms with Crippen LogP contribution in [0.2, 0.25) is 5.02 Å². The van der Waals surface area contributed by atoms with Crippen molar-refractivity contribution >= 4 is 11.6 Å². The zero-order valence-corrected chi connectivity index (χ0v) is 14.4. The largest absolute Gasteiger partial charge is 0.496 e. The quantitative estimate of drug-likeness (QED) is 0.800. The maximum Gasteiger partial charge on any atom is 0.125 e. The van der Waals surface area contributed by atoms with Crippen molar-refractivity contribution in [3.63, 3.8) is 0 Å². The molecule has 0 saturated heterocycles. The fourth-order valence-corrected chi connectivity index (χ4v) is 3.13. The number of rotatable bonds is 7. The van der Waals surface area contributed by atoms with E-state index in [2.05, 4.69) is 0 Å². The van der Waals surface area contributed by atoms with Crippen molar-refractivity contribution in [2.24, 2.45) is 0 Å². The van der Waals surface area contributed by atoms with Crippen LogP contribution in [0.1, 0.15) is 55.7 Å². The van der Waals surface area contributed by atoms with Crippen LogP contribution in [-0.4, -0.2) is 29.5 Å². The van der Waals surface area contributed by atoms with Crippen LogP contribution in [0.3, 0.4) is 0 Å². The highest BCUT2D eigenvalue weighted by Gasteiger charge is 2.24. The third-order valence-electron chi connectivity index (χ3n) is 4.03. The van der Waals surface area contributed by atoms with Crippen LogP contribution in [-0.2, 0) is 0 Å². The molecule has 1 rings (SSSR count). The minimum atomic E-state index is -0.733. The first-order chi connectivity index (χ1) is 9.83. The van der Waals surface area contributed by atoms with E-state index in [9.17, 15) is 10.2 Å². The maximum atomic E-state index is 10.1. The molecule has 2 N–H and O–H groups in total. The Hall–Kier alpha value is -0.770. The van der Waals surface area contributed by atoms with Crippen LogP contribution < -0.4 is 4.74 Å². The fourth-order valence-electron chi connectivity index (χ4n) is 2.86. The van der Waals surface area contributed by atoms with E-state index in [0.717, 1.165) is 28.9 Å². The van der Waals surface area contributed by atoms with Crippen molar-refractivity contribution in [3.05, 3.63) is 27.8 Å². The van der Waals surface area contributed by atoms with Crippen molar-refractivity contribution in [2.75, 3.05) is 7.11 Å².